The minimum atomic E-state index is -0.609. The van der Waals surface area contributed by atoms with Crippen molar-refractivity contribution in [3.8, 4) is 0 Å². The maximum Gasteiger partial charge on any atom is 0.251 e. The number of benzene rings is 2. The van der Waals surface area contributed by atoms with E-state index >= 15 is 0 Å². The van der Waals surface area contributed by atoms with E-state index in [2.05, 4.69) is 22.8 Å². The minimum Gasteiger partial charge on any atom is -0.353 e. The van der Waals surface area contributed by atoms with Crippen LogP contribution >= 0.6 is 11.6 Å². The lowest BCUT2D eigenvalue weighted by molar-refractivity contribution is -0.122. The van der Waals surface area contributed by atoms with Crippen molar-refractivity contribution in [1.82, 2.24) is 10.6 Å². The van der Waals surface area contributed by atoms with E-state index < -0.39 is 6.04 Å². The number of carbonyl (C=O) groups excluding carboxylic acids is 2. The summed E-state index contributed by atoms with van der Waals surface area (Å²) in [5.41, 5.74) is 1.76. The van der Waals surface area contributed by atoms with Gasteiger partial charge in [0.15, 0.2) is 0 Å². The highest BCUT2D eigenvalue weighted by Crippen LogP contribution is 2.40. The molecule has 0 saturated heterocycles. The first kappa shape index (κ1) is 19.4. The van der Waals surface area contributed by atoms with Gasteiger partial charge in [-0.15, -0.1) is 0 Å². The fourth-order valence-electron chi connectivity index (χ4n) is 3.77. The molecule has 0 aromatic heterocycles. The molecule has 142 valence electrons. The first-order valence-electron chi connectivity index (χ1n) is 9.40. The molecule has 1 fully saturated rings. The van der Waals surface area contributed by atoms with Crippen molar-refractivity contribution in [2.45, 2.75) is 44.1 Å². The molecule has 4 nitrogen and oxygen atoms in total. The highest BCUT2D eigenvalue weighted by atomic mass is 35.5. The zero-order valence-corrected chi connectivity index (χ0v) is 16.3. The predicted octanol–water partition coefficient (Wildman–Crippen LogP) is 4.09. The quantitative estimate of drug-likeness (QED) is 0.788. The van der Waals surface area contributed by atoms with Crippen molar-refractivity contribution in [1.29, 1.82) is 0 Å². The molecule has 3 rings (SSSR count). The van der Waals surface area contributed by atoms with Gasteiger partial charge < -0.3 is 10.6 Å². The van der Waals surface area contributed by atoms with Gasteiger partial charge in [-0.2, -0.15) is 0 Å². The molecule has 2 aromatic rings. The molecule has 2 amide bonds. The van der Waals surface area contributed by atoms with Crippen LogP contribution < -0.4 is 10.6 Å². The number of carbonyl (C=O) groups is 2. The third-order valence-corrected chi connectivity index (χ3v) is 5.65. The summed E-state index contributed by atoms with van der Waals surface area (Å²) in [5, 5.41) is 6.37. The molecule has 2 aromatic carbocycles. The summed E-state index contributed by atoms with van der Waals surface area (Å²) in [6.07, 6.45) is 4.49. The fraction of sp³-hybridized carbons (Fsp3) is 0.364. The fourth-order valence-corrected chi connectivity index (χ4v) is 3.89. The Morgan fingerprint density at radius 1 is 1.04 bits per heavy atom. The van der Waals surface area contributed by atoms with Crippen molar-refractivity contribution in [3.05, 3.63) is 70.7 Å². The molecule has 5 heteroatoms. The second kappa shape index (κ2) is 8.57. The number of hydrogen-bond acceptors (Lipinski definition) is 2. The van der Waals surface area contributed by atoms with Gasteiger partial charge in [0, 0.05) is 22.5 Å². The van der Waals surface area contributed by atoms with Gasteiger partial charge >= 0.3 is 0 Å². The second-order valence-electron chi connectivity index (χ2n) is 7.27. The van der Waals surface area contributed by atoms with Crippen LogP contribution in [0.4, 0.5) is 0 Å². The Morgan fingerprint density at radius 3 is 2.30 bits per heavy atom. The van der Waals surface area contributed by atoms with Crippen molar-refractivity contribution in [3.63, 3.8) is 0 Å². The summed E-state index contributed by atoms with van der Waals surface area (Å²) in [5.74, 6) is -0.451. The Hall–Kier alpha value is -2.33. The number of hydrogen-bond donors (Lipinski definition) is 2. The van der Waals surface area contributed by atoms with Crippen LogP contribution in [0.25, 0.3) is 0 Å². The zero-order chi connectivity index (χ0) is 19.3. The minimum absolute atomic E-state index is 0.00315. The molecule has 0 radical (unpaired) electrons. The molecule has 1 atom stereocenters. The van der Waals surface area contributed by atoms with Crippen molar-refractivity contribution < 1.29 is 9.59 Å². The number of amides is 2. The molecule has 1 saturated carbocycles. The molecule has 1 unspecified atom stereocenters. The second-order valence-corrected chi connectivity index (χ2v) is 7.71. The molecular formula is C22H25ClN2O2. The van der Waals surface area contributed by atoms with Gasteiger partial charge in [-0.25, -0.2) is 0 Å². The van der Waals surface area contributed by atoms with Crippen molar-refractivity contribution in [2.75, 3.05) is 6.54 Å². The standard InChI is InChI=1S/C22H25ClN2O2/c1-16(25-21(27)17-9-11-19(23)12-10-17)20(26)24-15-22(13-5-6-14-22)18-7-3-2-4-8-18/h2-4,7-12,16H,5-6,13-15H2,1H3,(H,24,26)(H,25,27). The molecule has 2 N–H and O–H groups in total. The molecule has 27 heavy (non-hydrogen) atoms. The zero-order valence-electron chi connectivity index (χ0n) is 15.5. The number of halogens is 1. The Balaban J connectivity index is 1.59. The average molecular weight is 385 g/mol. The monoisotopic (exact) mass is 384 g/mol. The molecule has 1 aliphatic rings. The smallest absolute Gasteiger partial charge is 0.251 e. The third-order valence-electron chi connectivity index (χ3n) is 5.40. The number of rotatable bonds is 6. The van der Waals surface area contributed by atoms with Gasteiger partial charge in [-0.3, -0.25) is 9.59 Å². The third kappa shape index (κ3) is 4.69. The van der Waals surface area contributed by atoms with Crippen molar-refractivity contribution >= 4 is 23.4 Å². The summed E-state index contributed by atoms with van der Waals surface area (Å²) in [4.78, 5) is 24.8. The summed E-state index contributed by atoms with van der Waals surface area (Å²) in [7, 11) is 0. The lowest BCUT2D eigenvalue weighted by atomic mass is 9.79. The summed E-state index contributed by atoms with van der Waals surface area (Å²) < 4.78 is 0. The maximum atomic E-state index is 12.5. The van der Waals surface area contributed by atoms with E-state index in [-0.39, 0.29) is 17.2 Å². The molecule has 1 aliphatic carbocycles. The summed E-state index contributed by atoms with van der Waals surface area (Å²) in [6, 6.07) is 16.4. The van der Waals surface area contributed by atoms with E-state index in [0.717, 1.165) is 12.8 Å². The van der Waals surface area contributed by atoms with E-state index in [1.807, 2.05) is 18.2 Å². The van der Waals surface area contributed by atoms with E-state index in [9.17, 15) is 9.59 Å². The van der Waals surface area contributed by atoms with Crippen LogP contribution in [0.2, 0.25) is 5.02 Å². The van der Waals surface area contributed by atoms with Gasteiger partial charge in [0.1, 0.15) is 6.04 Å². The largest absolute Gasteiger partial charge is 0.353 e. The molecule has 0 heterocycles. The number of nitrogens with one attached hydrogen (secondary N) is 2. The van der Waals surface area contributed by atoms with Gasteiger partial charge in [0.25, 0.3) is 5.91 Å². The van der Waals surface area contributed by atoms with E-state index in [0.29, 0.717) is 17.1 Å². The lowest BCUT2D eigenvalue weighted by Crippen LogP contribution is -2.48. The summed E-state index contributed by atoms with van der Waals surface area (Å²) in [6.45, 7) is 2.30. The Morgan fingerprint density at radius 2 is 1.67 bits per heavy atom. The highest BCUT2D eigenvalue weighted by Gasteiger charge is 2.36. The van der Waals surface area contributed by atoms with E-state index in [4.69, 9.17) is 11.6 Å². The van der Waals surface area contributed by atoms with Crippen LogP contribution in [-0.4, -0.2) is 24.4 Å². The van der Waals surface area contributed by atoms with Crippen molar-refractivity contribution in [2.24, 2.45) is 0 Å². The first-order chi connectivity index (χ1) is 13.0. The Labute approximate surface area is 165 Å². The van der Waals surface area contributed by atoms with E-state index in [1.54, 1.807) is 31.2 Å². The Kier molecular flexibility index (Phi) is 6.17. The van der Waals surface area contributed by atoms with Crippen LogP contribution in [0.1, 0.15) is 48.5 Å². The van der Waals surface area contributed by atoms with E-state index in [1.165, 1.54) is 18.4 Å². The Bertz CT molecular complexity index is 784. The van der Waals surface area contributed by atoms with Gasteiger partial charge in [-0.1, -0.05) is 54.8 Å². The summed E-state index contributed by atoms with van der Waals surface area (Å²) >= 11 is 5.84. The highest BCUT2D eigenvalue weighted by molar-refractivity contribution is 6.30. The normalized spacial score (nSPS) is 16.5. The van der Waals surface area contributed by atoms with Crippen LogP contribution in [0, 0.1) is 0 Å². The molecule has 0 aliphatic heterocycles. The average Bonchev–Trinajstić information content (AvgIpc) is 3.17. The molecular weight excluding hydrogens is 360 g/mol. The van der Waals surface area contributed by atoms with Gasteiger partial charge in [0.2, 0.25) is 5.91 Å². The van der Waals surface area contributed by atoms with Gasteiger partial charge in [-0.05, 0) is 49.6 Å². The lowest BCUT2D eigenvalue weighted by Gasteiger charge is -2.30. The molecule has 0 bridgehead atoms. The van der Waals surface area contributed by atoms with Crippen LogP contribution in [0.3, 0.4) is 0 Å². The van der Waals surface area contributed by atoms with Gasteiger partial charge in [0.05, 0.1) is 0 Å². The SMILES string of the molecule is CC(NC(=O)c1ccc(Cl)cc1)C(=O)NCC1(c2ccccc2)CCCC1. The predicted molar refractivity (Wildman–Crippen MR) is 108 cm³/mol. The molecule has 0 spiro atoms. The van der Waals surface area contributed by atoms with Crippen LogP contribution in [0.5, 0.6) is 0 Å². The topological polar surface area (TPSA) is 58.2 Å². The van der Waals surface area contributed by atoms with Crippen LogP contribution in [0.15, 0.2) is 54.6 Å². The maximum absolute atomic E-state index is 12.5. The first-order valence-corrected chi connectivity index (χ1v) is 9.78. The van der Waals surface area contributed by atoms with Crippen LogP contribution in [-0.2, 0) is 10.2 Å².